The van der Waals surface area contributed by atoms with Gasteiger partial charge in [-0.2, -0.15) is 0 Å². The number of hydrogen-bond acceptors (Lipinski definition) is 9. The van der Waals surface area contributed by atoms with Crippen molar-refractivity contribution >= 4 is 40.3 Å². The highest BCUT2D eigenvalue weighted by molar-refractivity contribution is 5.97. The molecule has 202 valence electrons. The van der Waals surface area contributed by atoms with Crippen LogP contribution in [0.1, 0.15) is 48.7 Å². The average molecular weight is 525 g/mol. The molecule has 2 aromatic heterocycles. The number of benzene rings is 2. The maximum absolute atomic E-state index is 11.4. The Hall–Kier alpha value is -4.41. The van der Waals surface area contributed by atoms with Crippen molar-refractivity contribution in [3.05, 3.63) is 47.5 Å². The summed E-state index contributed by atoms with van der Waals surface area (Å²) in [7, 11) is 3.70. The van der Waals surface area contributed by atoms with Gasteiger partial charge in [0.25, 0.3) is 0 Å². The average Bonchev–Trinajstić information content (AvgIpc) is 3.37. The van der Waals surface area contributed by atoms with Gasteiger partial charge in [0.1, 0.15) is 28.7 Å². The number of nitrogens with zero attached hydrogens (tertiary/aromatic N) is 4. The van der Waals surface area contributed by atoms with Crippen LogP contribution in [0.5, 0.6) is 11.5 Å². The van der Waals surface area contributed by atoms with E-state index in [9.17, 15) is 24.6 Å². The summed E-state index contributed by atoms with van der Waals surface area (Å²) >= 11 is 0. The number of esters is 2. The first kappa shape index (κ1) is 28.2. The van der Waals surface area contributed by atoms with Gasteiger partial charge >= 0.3 is 11.9 Å². The fourth-order valence-electron chi connectivity index (χ4n) is 4.01. The van der Waals surface area contributed by atoms with Crippen molar-refractivity contribution in [3.63, 3.8) is 0 Å². The van der Waals surface area contributed by atoms with Gasteiger partial charge in [0.05, 0.1) is 48.2 Å². The Labute approximate surface area is 219 Å². The number of carbonyl (C=O) groups is 3. The van der Waals surface area contributed by atoms with E-state index < -0.39 is 0 Å². The molecule has 0 fully saturated rings. The quantitative estimate of drug-likeness (QED) is 0.249. The highest BCUT2D eigenvalue weighted by atomic mass is 16.5. The Bertz CT molecular complexity index is 1460. The minimum atomic E-state index is -0.280. The summed E-state index contributed by atoms with van der Waals surface area (Å²) < 4.78 is 13.5. The van der Waals surface area contributed by atoms with E-state index in [1.807, 2.05) is 17.7 Å². The molecule has 2 heterocycles. The molecule has 0 bridgehead atoms. The largest absolute Gasteiger partial charge is 0.508 e. The maximum atomic E-state index is 11.4. The molecular formula is C27H32N4O7. The molecule has 0 saturated carbocycles. The lowest BCUT2D eigenvalue weighted by molar-refractivity contribution is -0.144. The molecule has 2 aromatic carbocycles. The second-order valence-electron chi connectivity index (χ2n) is 8.44. The van der Waals surface area contributed by atoms with Crippen molar-refractivity contribution in [2.45, 2.75) is 39.5 Å². The molecule has 0 aliphatic rings. The lowest BCUT2D eigenvalue weighted by Crippen LogP contribution is -2.07. The fourth-order valence-corrected chi connectivity index (χ4v) is 4.01. The first-order valence-electron chi connectivity index (χ1n) is 12.3. The van der Waals surface area contributed by atoms with Gasteiger partial charge in [0, 0.05) is 33.0 Å². The van der Waals surface area contributed by atoms with E-state index in [1.165, 1.54) is 6.07 Å². The zero-order valence-corrected chi connectivity index (χ0v) is 21.9. The Balaban J connectivity index is 0.000000212. The molecule has 4 aromatic rings. The smallest absolute Gasteiger partial charge is 0.306 e. The number of phenolic OH excluding ortho intramolecular Hbond substituents is 2. The van der Waals surface area contributed by atoms with E-state index in [4.69, 9.17) is 9.47 Å². The fraction of sp³-hybridized carbons (Fsp3) is 0.370. The zero-order valence-electron chi connectivity index (χ0n) is 21.9. The number of aldehydes is 1. The summed E-state index contributed by atoms with van der Waals surface area (Å²) in [5.74, 6) is 1.08. The van der Waals surface area contributed by atoms with Gasteiger partial charge in [-0.3, -0.25) is 14.4 Å². The molecule has 0 unspecified atom stereocenters. The van der Waals surface area contributed by atoms with Crippen LogP contribution in [0.4, 0.5) is 0 Å². The Morgan fingerprint density at radius 1 is 0.868 bits per heavy atom. The molecule has 2 N–H and O–H groups in total. The van der Waals surface area contributed by atoms with Crippen molar-refractivity contribution in [2.24, 2.45) is 14.1 Å². The van der Waals surface area contributed by atoms with E-state index in [2.05, 4.69) is 9.97 Å². The number of aromatic hydroxyl groups is 2. The van der Waals surface area contributed by atoms with Crippen LogP contribution in [0.3, 0.4) is 0 Å². The van der Waals surface area contributed by atoms with Crippen LogP contribution in [0.2, 0.25) is 0 Å². The Kier molecular flexibility index (Phi) is 9.42. The zero-order chi connectivity index (χ0) is 27.8. The molecule has 0 radical (unpaired) electrons. The van der Waals surface area contributed by atoms with Gasteiger partial charge in [-0.15, -0.1) is 0 Å². The number of rotatable bonds is 9. The van der Waals surface area contributed by atoms with Crippen LogP contribution < -0.4 is 0 Å². The number of ether oxygens (including phenoxy) is 2. The molecule has 4 rings (SSSR count). The molecule has 0 atom stereocenters. The molecule has 0 aliphatic carbocycles. The number of aromatic nitrogens is 4. The number of imidazole rings is 2. The predicted octanol–water partition coefficient (Wildman–Crippen LogP) is 3.36. The third-order valence-electron chi connectivity index (χ3n) is 5.95. The number of fused-ring (bicyclic) bond motifs is 2. The molecule has 38 heavy (non-hydrogen) atoms. The van der Waals surface area contributed by atoms with Crippen LogP contribution in [0.25, 0.3) is 22.1 Å². The third-order valence-corrected chi connectivity index (χ3v) is 5.95. The van der Waals surface area contributed by atoms with E-state index in [0.717, 1.165) is 22.4 Å². The van der Waals surface area contributed by atoms with Gasteiger partial charge in [0.15, 0.2) is 6.29 Å². The van der Waals surface area contributed by atoms with Crippen LogP contribution >= 0.6 is 0 Å². The van der Waals surface area contributed by atoms with Crippen molar-refractivity contribution in [2.75, 3.05) is 13.2 Å². The third kappa shape index (κ3) is 6.47. The summed E-state index contributed by atoms with van der Waals surface area (Å²) in [5.41, 5.74) is 3.02. The van der Waals surface area contributed by atoms with Gasteiger partial charge in [-0.05, 0) is 38.1 Å². The summed E-state index contributed by atoms with van der Waals surface area (Å²) in [6, 6.07) is 8.20. The molecule has 0 amide bonds. The molecule has 0 spiro atoms. The molecule has 11 nitrogen and oxygen atoms in total. The standard InChI is InChI=1S/C14H16N2O4.C13H16N2O3/c1-3-20-13(19)7-6-12-15-14-9(8-17)11(18)5-4-10(14)16(12)2;1-3-18-13(17)7-6-12-14-10-8-9(16)4-5-11(10)15(12)2/h4-5,8,18H,3,6-7H2,1-2H3;4-5,8,16H,3,6-7H2,1-2H3. The van der Waals surface area contributed by atoms with Crippen molar-refractivity contribution in [3.8, 4) is 11.5 Å². The lowest BCUT2D eigenvalue weighted by Gasteiger charge is -2.02. The lowest BCUT2D eigenvalue weighted by atomic mass is 10.2. The normalized spacial score (nSPS) is 10.7. The number of hydrogen-bond donors (Lipinski definition) is 2. The van der Waals surface area contributed by atoms with E-state index in [1.54, 1.807) is 43.7 Å². The maximum Gasteiger partial charge on any atom is 0.306 e. The summed E-state index contributed by atoms with van der Waals surface area (Å²) in [6.07, 6.45) is 2.08. The Morgan fingerprint density at radius 3 is 2.00 bits per heavy atom. The Morgan fingerprint density at radius 2 is 1.42 bits per heavy atom. The van der Waals surface area contributed by atoms with Crippen LogP contribution in [-0.2, 0) is 46.0 Å². The van der Waals surface area contributed by atoms with Gasteiger partial charge in [-0.25, -0.2) is 9.97 Å². The van der Waals surface area contributed by atoms with Crippen LogP contribution in [-0.4, -0.2) is 60.8 Å². The minimum absolute atomic E-state index is 0.0949. The monoisotopic (exact) mass is 524 g/mol. The first-order valence-corrected chi connectivity index (χ1v) is 12.3. The molecule has 11 heteroatoms. The van der Waals surface area contributed by atoms with Crippen LogP contribution in [0.15, 0.2) is 30.3 Å². The summed E-state index contributed by atoms with van der Waals surface area (Å²) in [5, 5.41) is 19.0. The van der Waals surface area contributed by atoms with Crippen molar-refractivity contribution in [1.82, 2.24) is 19.1 Å². The number of carbonyl (C=O) groups excluding carboxylic acids is 3. The van der Waals surface area contributed by atoms with Crippen molar-refractivity contribution < 1.29 is 34.1 Å². The first-order chi connectivity index (χ1) is 18.2. The number of phenols is 2. The SMILES string of the molecule is CCOC(=O)CCc1nc2c(C=O)c(O)ccc2n1C.CCOC(=O)CCc1nc2cc(O)ccc2n1C. The van der Waals surface area contributed by atoms with Crippen molar-refractivity contribution in [1.29, 1.82) is 0 Å². The van der Waals surface area contributed by atoms with Gasteiger partial charge in [0.2, 0.25) is 0 Å². The highest BCUT2D eigenvalue weighted by Gasteiger charge is 2.15. The number of aryl methyl sites for hydroxylation is 4. The second-order valence-corrected chi connectivity index (χ2v) is 8.44. The molecule has 0 saturated heterocycles. The summed E-state index contributed by atoms with van der Waals surface area (Å²) in [4.78, 5) is 42.4. The van der Waals surface area contributed by atoms with E-state index >= 15 is 0 Å². The van der Waals surface area contributed by atoms with Crippen LogP contribution in [0, 0.1) is 0 Å². The second kappa shape index (κ2) is 12.7. The topological polar surface area (TPSA) is 146 Å². The van der Waals surface area contributed by atoms with E-state index in [-0.39, 0.29) is 35.4 Å². The summed E-state index contributed by atoms with van der Waals surface area (Å²) in [6.45, 7) is 4.29. The minimum Gasteiger partial charge on any atom is -0.508 e. The predicted molar refractivity (Wildman–Crippen MR) is 140 cm³/mol. The van der Waals surface area contributed by atoms with Gasteiger partial charge < -0.3 is 28.8 Å². The highest BCUT2D eigenvalue weighted by Crippen LogP contribution is 2.26. The van der Waals surface area contributed by atoms with E-state index in [0.29, 0.717) is 50.1 Å². The molecular weight excluding hydrogens is 492 g/mol. The molecule has 0 aliphatic heterocycles. The van der Waals surface area contributed by atoms with Gasteiger partial charge in [-0.1, -0.05) is 0 Å².